The zero-order valence-electron chi connectivity index (χ0n) is 11.1. The smallest absolute Gasteiger partial charge is 0.227 e. The van der Waals surface area contributed by atoms with Gasteiger partial charge in [-0.3, -0.25) is 0 Å². The quantitative estimate of drug-likeness (QED) is 0.851. The van der Waals surface area contributed by atoms with Crippen molar-refractivity contribution in [2.24, 2.45) is 0 Å². The van der Waals surface area contributed by atoms with Gasteiger partial charge in [0, 0.05) is 19.4 Å². The van der Waals surface area contributed by atoms with Crippen molar-refractivity contribution < 1.29 is 8.94 Å². The summed E-state index contributed by atoms with van der Waals surface area (Å²) in [5.74, 6) is 3.33. The first-order valence-corrected chi connectivity index (χ1v) is 6.30. The molecule has 0 saturated carbocycles. The molecule has 0 aliphatic carbocycles. The number of hydrogen-bond acceptors (Lipinski definition) is 5. The van der Waals surface area contributed by atoms with E-state index in [4.69, 9.17) is 8.94 Å². The molecule has 98 valence electrons. The molecule has 0 fully saturated rings. The van der Waals surface area contributed by atoms with Crippen molar-refractivity contribution in [2.75, 3.05) is 6.54 Å². The summed E-state index contributed by atoms with van der Waals surface area (Å²) in [4.78, 5) is 4.16. The molecule has 2 aromatic heterocycles. The molecule has 5 heteroatoms. The highest BCUT2D eigenvalue weighted by molar-refractivity contribution is 5.10. The van der Waals surface area contributed by atoms with Gasteiger partial charge in [-0.05, 0) is 26.0 Å². The van der Waals surface area contributed by atoms with Crippen LogP contribution in [-0.4, -0.2) is 16.7 Å². The summed E-state index contributed by atoms with van der Waals surface area (Å²) >= 11 is 0. The van der Waals surface area contributed by atoms with Gasteiger partial charge in [0.2, 0.25) is 5.89 Å². The molecule has 0 aromatic carbocycles. The lowest BCUT2D eigenvalue weighted by molar-refractivity contribution is 0.363. The monoisotopic (exact) mass is 249 g/mol. The van der Waals surface area contributed by atoms with E-state index in [0.717, 1.165) is 30.9 Å². The second kappa shape index (κ2) is 5.82. The number of aryl methyl sites for hydroxylation is 2. The van der Waals surface area contributed by atoms with Crippen LogP contribution in [0.15, 0.2) is 21.1 Å². The summed E-state index contributed by atoms with van der Waals surface area (Å²) in [6.45, 7) is 6.76. The minimum atomic E-state index is 0.189. The van der Waals surface area contributed by atoms with Crippen LogP contribution in [0.5, 0.6) is 0 Å². The van der Waals surface area contributed by atoms with E-state index < -0.39 is 0 Å². The third-order valence-corrected chi connectivity index (χ3v) is 2.82. The predicted octanol–water partition coefficient (Wildman–Crippen LogP) is 2.43. The molecule has 0 radical (unpaired) electrons. The van der Waals surface area contributed by atoms with Crippen LogP contribution in [0.2, 0.25) is 0 Å². The van der Waals surface area contributed by atoms with Crippen LogP contribution in [0.1, 0.15) is 43.1 Å². The zero-order valence-corrected chi connectivity index (χ0v) is 11.1. The summed E-state index contributed by atoms with van der Waals surface area (Å²) in [6, 6.07) is 4.23. The molecule has 0 amide bonds. The van der Waals surface area contributed by atoms with E-state index in [1.54, 1.807) is 0 Å². The van der Waals surface area contributed by atoms with E-state index in [2.05, 4.69) is 29.3 Å². The van der Waals surface area contributed by atoms with E-state index in [-0.39, 0.29) is 6.04 Å². The molecule has 18 heavy (non-hydrogen) atoms. The van der Waals surface area contributed by atoms with Crippen LogP contribution in [0, 0.1) is 6.92 Å². The standard InChI is InChI=1S/C13H19N3O2/c1-4-11-5-6-12(17-11)9(2)14-8-7-13-15-10(3)16-18-13/h5-6,9,14H,4,7-8H2,1-3H3/t9-/m1/s1. The van der Waals surface area contributed by atoms with Gasteiger partial charge in [0.25, 0.3) is 0 Å². The van der Waals surface area contributed by atoms with Gasteiger partial charge in [-0.2, -0.15) is 4.98 Å². The first-order chi connectivity index (χ1) is 8.69. The maximum absolute atomic E-state index is 5.69. The highest BCUT2D eigenvalue weighted by atomic mass is 16.5. The molecule has 0 aliphatic heterocycles. The molecular weight excluding hydrogens is 230 g/mol. The Bertz CT molecular complexity index is 490. The fraction of sp³-hybridized carbons (Fsp3) is 0.538. The molecule has 0 bridgehead atoms. The van der Waals surface area contributed by atoms with E-state index in [1.165, 1.54) is 0 Å². The Morgan fingerprint density at radius 3 is 2.83 bits per heavy atom. The van der Waals surface area contributed by atoms with E-state index in [0.29, 0.717) is 11.7 Å². The van der Waals surface area contributed by atoms with Crippen LogP contribution in [-0.2, 0) is 12.8 Å². The van der Waals surface area contributed by atoms with Gasteiger partial charge in [0.15, 0.2) is 5.82 Å². The molecule has 0 unspecified atom stereocenters. The van der Waals surface area contributed by atoms with Gasteiger partial charge in [-0.1, -0.05) is 12.1 Å². The maximum atomic E-state index is 5.69. The number of nitrogens with one attached hydrogen (secondary N) is 1. The molecule has 2 aromatic rings. The van der Waals surface area contributed by atoms with Crippen LogP contribution in [0.4, 0.5) is 0 Å². The van der Waals surface area contributed by atoms with Crippen LogP contribution in [0.25, 0.3) is 0 Å². The molecule has 0 aliphatic rings. The summed E-state index contributed by atoms with van der Waals surface area (Å²) in [5.41, 5.74) is 0. The highest BCUT2D eigenvalue weighted by Crippen LogP contribution is 2.16. The third kappa shape index (κ3) is 3.20. The van der Waals surface area contributed by atoms with E-state index >= 15 is 0 Å². The fourth-order valence-corrected chi connectivity index (χ4v) is 1.76. The topological polar surface area (TPSA) is 64.1 Å². The Labute approximate surface area is 107 Å². The Morgan fingerprint density at radius 1 is 1.39 bits per heavy atom. The highest BCUT2D eigenvalue weighted by Gasteiger charge is 2.10. The average Bonchev–Trinajstić information content (AvgIpc) is 2.98. The first kappa shape index (κ1) is 12.8. The molecular formula is C13H19N3O2. The zero-order chi connectivity index (χ0) is 13.0. The lowest BCUT2D eigenvalue weighted by Crippen LogP contribution is -2.21. The Kier molecular flexibility index (Phi) is 4.15. The largest absolute Gasteiger partial charge is 0.464 e. The van der Waals surface area contributed by atoms with E-state index in [1.807, 2.05) is 19.1 Å². The molecule has 1 N–H and O–H groups in total. The lowest BCUT2D eigenvalue weighted by Gasteiger charge is -2.09. The molecule has 2 rings (SSSR count). The Morgan fingerprint density at radius 2 is 2.22 bits per heavy atom. The summed E-state index contributed by atoms with van der Waals surface area (Å²) in [7, 11) is 0. The summed E-state index contributed by atoms with van der Waals surface area (Å²) < 4.78 is 10.7. The molecule has 5 nitrogen and oxygen atoms in total. The Hall–Kier alpha value is -1.62. The summed E-state index contributed by atoms with van der Waals surface area (Å²) in [6.07, 6.45) is 1.65. The van der Waals surface area contributed by atoms with Crippen molar-refractivity contribution in [1.82, 2.24) is 15.5 Å². The molecule has 2 heterocycles. The van der Waals surface area contributed by atoms with Crippen molar-refractivity contribution in [3.8, 4) is 0 Å². The van der Waals surface area contributed by atoms with Crippen molar-refractivity contribution in [2.45, 2.75) is 39.7 Å². The van der Waals surface area contributed by atoms with Gasteiger partial charge in [-0.15, -0.1) is 0 Å². The minimum absolute atomic E-state index is 0.189. The minimum Gasteiger partial charge on any atom is -0.464 e. The number of furan rings is 1. The first-order valence-electron chi connectivity index (χ1n) is 6.30. The third-order valence-electron chi connectivity index (χ3n) is 2.82. The van der Waals surface area contributed by atoms with Gasteiger partial charge in [0.05, 0.1) is 6.04 Å². The summed E-state index contributed by atoms with van der Waals surface area (Å²) in [5, 5.41) is 7.13. The van der Waals surface area contributed by atoms with Crippen LogP contribution < -0.4 is 5.32 Å². The van der Waals surface area contributed by atoms with Gasteiger partial charge >= 0.3 is 0 Å². The number of hydrogen-bond donors (Lipinski definition) is 1. The van der Waals surface area contributed by atoms with Crippen LogP contribution >= 0.6 is 0 Å². The second-order valence-corrected chi connectivity index (χ2v) is 4.32. The maximum Gasteiger partial charge on any atom is 0.227 e. The molecule has 0 saturated heterocycles. The van der Waals surface area contributed by atoms with Gasteiger partial charge in [-0.25, -0.2) is 0 Å². The van der Waals surface area contributed by atoms with Gasteiger partial charge < -0.3 is 14.3 Å². The number of aromatic nitrogens is 2. The average molecular weight is 249 g/mol. The number of rotatable bonds is 6. The second-order valence-electron chi connectivity index (χ2n) is 4.32. The van der Waals surface area contributed by atoms with Crippen molar-refractivity contribution in [3.63, 3.8) is 0 Å². The van der Waals surface area contributed by atoms with Crippen LogP contribution in [0.3, 0.4) is 0 Å². The fourth-order valence-electron chi connectivity index (χ4n) is 1.76. The van der Waals surface area contributed by atoms with Crippen molar-refractivity contribution in [1.29, 1.82) is 0 Å². The Balaban J connectivity index is 1.79. The SMILES string of the molecule is CCc1ccc([C@@H](C)NCCc2nc(C)no2)o1. The molecule has 1 atom stereocenters. The lowest BCUT2D eigenvalue weighted by atomic mass is 10.2. The number of nitrogens with zero attached hydrogens (tertiary/aromatic N) is 2. The van der Waals surface area contributed by atoms with Gasteiger partial charge in [0.1, 0.15) is 11.5 Å². The van der Waals surface area contributed by atoms with E-state index in [9.17, 15) is 0 Å². The predicted molar refractivity (Wildman–Crippen MR) is 67.2 cm³/mol. The van der Waals surface area contributed by atoms with Crippen molar-refractivity contribution >= 4 is 0 Å². The van der Waals surface area contributed by atoms with Crippen molar-refractivity contribution in [3.05, 3.63) is 35.4 Å². The molecule has 0 spiro atoms. The normalized spacial score (nSPS) is 12.8.